The van der Waals surface area contributed by atoms with Gasteiger partial charge in [0.2, 0.25) is 6.39 Å². The standard InChI is InChI=1S/C13H15N7O2/c1-7(2)10(11-15-6-22-18-11)16-13(21)8-4-9-12(14-5-8)20(3)19-17-9/h4-7,10H,1-3H3,(H,16,21)/t10-/m1/s1. The van der Waals surface area contributed by atoms with Gasteiger partial charge in [-0.25, -0.2) is 9.67 Å². The third kappa shape index (κ3) is 2.52. The van der Waals surface area contributed by atoms with Crippen molar-refractivity contribution >= 4 is 17.1 Å². The van der Waals surface area contributed by atoms with Crippen molar-refractivity contribution in [1.82, 2.24) is 35.4 Å². The maximum absolute atomic E-state index is 12.4. The summed E-state index contributed by atoms with van der Waals surface area (Å²) in [5, 5.41) is 14.5. The molecule has 0 aromatic carbocycles. The lowest BCUT2D eigenvalue weighted by atomic mass is 10.0. The van der Waals surface area contributed by atoms with Crippen molar-refractivity contribution < 1.29 is 9.32 Å². The van der Waals surface area contributed by atoms with Crippen LogP contribution < -0.4 is 5.32 Å². The lowest BCUT2D eigenvalue weighted by molar-refractivity contribution is 0.0922. The van der Waals surface area contributed by atoms with Crippen LogP contribution in [0.2, 0.25) is 0 Å². The molecule has 0 unspecified atom stereocenters. The number of nitrogens with one attached hydrogen (secondary N) is 1. The summed E-state index contributed by atoms with van der Waals surface area (Å²) in [6, 6.07) is 1.31. The predicted octanol–water partition coefficient (Wildman–Crippen LogP) is 0.873. The molecule has 3 aromatic heterocycles. The number of pyridine rings is 1. The summed E-state index contributed by atoms with van der Waals surface area (Å²) in [6.07, 6.45) is 2.73. The molecule has 3 rings (SSSR count). The van der Waals surface area contributed by atoms with Crippen LogP contribution in [0, 0.1) is 5.92 Å². The van der Waals surface area contributed by atoms with Gasteiger partial charge in [-0.15, -0.1) is 5.10 Å². The Labute approximate surface area is 125 Å². The predicted molar refractivity (Wildman–Crippen MR) is 75.6 cm³/mol. The first kappa shape index (κ1) is 14.1. The zero-order chi connectivity index (χ0) is 15.7. The van der Waals surface area contributed by atoms with Gasteiger partial charge in [0.15, 0.2) is 11.5 Å². The molecule has 9 nitrogen and oxygen atoms in total. The maximum Gasteiger partial charge on any atom is 0.253 e. The number of amides is 1. The van der Waals surface area contributed by atoms with Crippen molar-refractivity contribution in [2.45, 2.75) is 19.9 Å². The molecule has 0 spiro atoms. The molecule has 0 aliphatic heterocycles. The molecular weight excluding hydrogens is 286 g/mol. The Morgan fingerprint density at radius 3 is 2.86 bits per heavy atom. The number of hydrogen-bond donors (Lipinski definition) is 1. The molecule has 9 heteroatoms. The first-order valence-corrected chi connectivity index (χ1v) is 6.79. The van der Waals surface area contributed by atoms with Crippen molar-refractivity contribution in [2.24, 2.45) is 13.0 Å². The van der Waals surface area contributed by atoms with Gasteiger partial charge in [-0.2, -0.15) is 4.98 Å². The van der Waals surface area contributed by atoms with Crippen molar-refractivity contribution in [3.63, 3.8) is 0 Å². The van der Waals surface area contributed by atoms with Crippen LogP contribution in [0.1, 0.15) is 36.1 Å². The molecular formula is C13H15N7O2. The number of nitrogens with zero attached hydrogens (tertiary/aromatic N) is 6. The van der Waals surface area contributed by atoms with E-state index in [0.29, 0.717) is 22.6 Å². The number of aromatic nitrogens is 6. The Morgan fingerprint density at radius 1 is 1.36 bits per heavy atom. The fourth-order valence-electron chi connectivity index (χ4n) is 2.12. The lowest BCUT2D eigenvalue weighted by Crippen LogP contribution is -2.32. The van der Waals surface area contributed by atoms with Crippen LogP contribution in [-0.2, 0) is 7.05 Å². The van der Waals surface area contributed by atoms with Crippen LogP contribution in [0.3, 0.4) is 0 Å². The number of carbonyl (C=O) groups is 1. The van der Waals surface area contributed by atoms with Gasteiger partial charge in [0.25, 0.3) is 5.91 Å². The Hall–Kier alpha value is -2.84. The summed E-state index contributed by atoms with van der Waals surface area (Å²) in [5.74, 6) is 0.273. The highest BCUT2D eigenvalue weighted by molar-refractivity contribution is 5.96. The molecule has 1 N–H and O–H groups in total. The van der Waals surface area contributed by atoms with E-state index in [1.165, 1.54) is 12.6 Å². The molecule has 22 heavy (non-hydrogen) atoms. The zero-order valence-corrected chi connectivity index (χ0v) is 12.4. The molecule has 0 radical (unpaired) electrons. The molecule has 0 saturated heterocycles. The van der Waals surface area contributed by atoms with Gasteiger partial charge < -0.3 is 9.84 Å². The largest absolute Gasteiger partial charge is 0.343 e. The van der Waals surface area contributed by atoms with E-state index in [1.807, 2.05) is 13.8 Å². The quantitative estimate of drug-likeness (QED) is 0.761. The van der Waals surface area contributed by atoms with Crippen molar-refractivity contribution in [3.05, 3.63) is 30.0 Å². The van der Waals surface area contributed by atoms with E-state index >= 15 is 0 Å². The van der Waals surface area contributed by atoms with Gasteiger partial charge in [-0.3, -0.25) is 4.79 Å². The topological polar surface area (TPSA) is 112 Å². The molecule has 114 valence electrons. The first-order valence-electron chi connectivity index (χ1n) is 6.79. The van der Waals surface area contributed by atoms with Crippen molar-refractivity contribution in [1.29, 1.82) is 0 Å². The number of aryl methyl sites for hydroxylation is 1. The van der Waals surface area contributed by atoms with Gasteiger partial charge >= 0.3 is 0 Å². The van der Waals surface area contributed by atoms with E-state index in [9.17, 15) is 4.79 Å². The van der Waals surface area contributed by atoms with E-state index in [0.717, 1.165) is 0 Å². The number of rotatable bonds is 4. The fraction of sp³-hybridized carbons (Fsp3) is 0.385. The van der Waals surface area contributed by atoms with Gasteiger partial charge in [-0.1, -0.05) is 24.2 Å². The summed E-state index contributed by atoms with van der Waals surface area (Å²) in [5.41, 5.74) is 1.59. The maximum atomic E-state index is 12.4. The van der Waals surface area contributed by atoms with E-state index in [-0.39, 0.29) is 17.9 Å². The van der Waals surface area contributed by atoms with Gasteiger partial charge in [0, 0.05) is 13.2 Å². The van der Waals surface area contributed by atoms with Gasteiger partial charge in [0.1, 0.15) is 5.52 Å². The van der Waals surface area contributed by atoms with E-state index < -0.39 is 0 Å². The summed E-state index contributed by atoms with van der Waals surface area (Å²) in [4.78, 5) is 20.6. The van der Waals surface area contributed by atoms with Crippen LogP contribution in [0.15, 0.2) is 23.2 Å². The van der Waals surface area contributed by atoms with Crippen LogP contribution in [-0.4, -0.2) is 36.0 Å². The highest BCUT2D eigenvalue weighted by atomic mass is 16.5. The summed E-state index contributed by atoms with van der Waals surface area (Å²) >= 11 is 0. The van der Waals surface area contributed by atoms with E-state index in [2.05, 4.69) is 30.8 Å². The fourth-order valence-corrected chi connectivity index (χ4v) is 2.12. The average molecular weight is 301 g/mol. The molecule has 0 aliphatic carbocycles. The minimum atomic E-state index is -0.344. The number of fused-ring (bicyclic) bond motifs is 1. The normalized spacial score (nSPS) is 12.7. The first-order chi connectivity index (χ1) is 10.6. The van der Waals surface area contributed by atoms with E-state index in [1.54, 1.807) is 17.8 Å². The second kappa shape index (κ2) is 5.51. The number of hydrogen-bond acceptors (Lipinski definition) is 7. The molecule has 1 amide bonds. The van der Waals surface area contributed by atoms with Crippen LogP contribution in [0.25, 0.3) is 11.2 Å². The lowest BCUT2D eigenvalue weighted by Gasteiger charge is -2.18. The van der Waals surface area contributed by atoms with Crippen LogP contribution in [0.4, 0.5) is 0 Å². The van der Waals surface area contributed by atoms with Gasteiger partial charge in [0.05, 0.1) is 11.6 Å². The Morgan fingerprint density at radius 2 is 2.18 bits per heavy atom. The summed E-state index contributed by atoms with van der Waals surface area (Å²) < 4.78 is 6.30. The second-order valence-corrected chi connectivity index (χ2v) is 5.26. The smallest absolute Gasteiger partial charge is 0.253 e. The third-order valence-corrected chi connectivity index (χ3v) is 3.31. The molecule has 0 bridgehead atoms. The van der Waals surface area contributed by atoms with Crippen LogP contribution >= 0.6 is 0 Å². The Balaban J connectivity index is 1.85. The molecule has 0 saturated carbocycles. The zero-order valence-electron chi connectivity index (χ0n) is 12.4. The third-order valence-electron chi connectivity index (χ3n) is 3.31. The minimum Gasteiger partial charge on any atom is -0.343 e. The van der Waals surface area contributed by atoms with Crippen molar-refractivity contribution in [3.8, 4) is 0 Å². The molecule has 0 aliphatic rings. The molecule has 3 aromatic rings. The minimum absolute atomic E-state index is 0.106. The SMILES string of the molecule is CC(C)[C@@H](NC(=O)c1cnc2c(c1)nnn2C)c1ncon1. The number of carbonyl (C=O) groups excluding carboxylic acids is 1. The van der Waals surface area contributed by atoms with Crippen molar-refractivity contribution in [2.75, 3.05) is 0 Å². The highest BCUT2D eigenvalue weighted by Gasteiger charge is 2.23. The highest BCUT2D eigenvalue weighted by Crippen LogP contribution is 2.19. The Bertz CT molecular complexity index is 794. The Kier molecular flexibility index (Phi) is 3.53. The van der Waals surface area contributed by atoms with E-state index in [4.69, 9.17) is 4.52 Å². The average Bonchev–Trinajstić information content (AvgIpc) is 3.14. The summed E-state index contributed by atoms with van der Waals surface area (Å²) in [7, 11) is 1.74. The molecule has 0 fully saturated rings. The summed E-state index contributed by atoms with van der Waals surface area (Å²) in [6.45, 7) is 3.93. The van der Waals surface area contributed by atoms with Gasteiger partial charge in [-0.05, 0) is 12.0 Å². The monoisotopic (exact) mass is 301 g/mol. The second-order valence-electron chi connectivity index (χ2n) is 5.26. The molecule has 1 atom stereocenters. The van der Waals surface area contributed by atoms with Crippen LogP contribution in [0.5, 0.6) is 0 Å². The molecule has 3 heterocycles.